The van der Waals surface area contributed by atoms with Gasteiger partial charge in [-0.3, -0.25) is 0 Å². The van der Waals surface area contributed by atoms with Crippen molar-refractivity contribution in [1.82, 2.24) is 23.8 Å². The summed E-state index contributed by atoms with van der Waals surface area (Å²) in [5.41, 5.74) is 12.5. The molecule has 1 aliphatic heterocycles. The van der Waals surface area contributed by atoms with Crippen LogP contribution in [0.4, 0.5) is 11.8 Å². The Balaban J connectivity index is 1.66. The van der Waals surface area contributed by atoms with Gasteiger partial charge < -0.3 is 16.0 Å². The van der Waals surface area contributed by atoms with E-state index in [2.05, 4.69) is 15.0 Å². The number of nitrogen functional groups attached to an aromatic ring is 2. The molecule has 2 aromatic heterocycles. The van der Waals surface area contributed by atoms with E-state index in [4.69, 9.17) is 11.5 Å². The van der Waals surface area contributed by atoms with Crippen LogP contribution in [0.2, 0.25) is 0 Å². The number of anilines is 2. The van der Waals surface area contributed by atoms with Gasteiger partial charge in [-0.1, -0.05) is 18.2 Å². The van der Waals surface area contributed by atoms with Crippen molar-refractivity contribution in [3.05, 3.63) is 36.7 Å². The van der Waals surface area contributed by atoms with Crippen molar-refractivity contribution in [2.24, 2.45) is 0 Å². The molecule has 4 rings (SSSR count). The SMILES string of the molecule is Nc1nc(N)c2ncn(C[C@@H]3CCCN3S(=O)(=O)c3ccccc3)c2n1. The van der Waals surface area contributed by atoms with Crippen LogP contribution in [0.15, 0.2) is 41.6 Å². The molecule has 1 fully saturated rings. The zero-order chi connectivity index (χ0) is 18.3. The van der Waals surface area contributed by atoms with Crippen LogP contribution < -0.4 is 11.5 Å². The second-order valence-corrected chi connectivity index (χ2v) is 8.15. The summed E-state index contributed by atoms with van der Waals surface area (Å²) in [6.45, 7) is 0.923. The number of rotatable bonds is 4. The van der Waals surface area contributed by atoms with Crippen molar-refractivity contribution in [2.75, 3.05) is 18.0 Å². The lowest BCUT2D eigenvalue weighted by Gasteiger charge is -2.24. The molecule has 3 heterocycles. The molecule has 0 spiro atoms. The van der Waals surface area contributed by atoms with E-state index in [1.54, 1.807) is 45.5 Å². The maximum absolute atomic E-state index is 13.0. The highest BCUT2D eigenvalue weighted by molar-refractivity contribution is 7.89. The van der Waals surface area contributed by atoms with Crippen LogP contribution in [0.25, 0.3) is 11.2 Å². The molecule has 4 N–H and O–H groups in total. The molecule has 9 nitrogen and oxygen atoms in total. The Labute approximate surface area is 150 Å². The zero-order valence-corrected chi connectivity index (χ0v) is 14.8. The zero-order valence-electron chi connectivity index (χ0n) is 14.0. The number of sulfonamides is 1. The predicted molar refractivity (Wildman–Crippen MR) is 97.5 cm³/mol. The van der Waals surface area contributed by atoms with Crippen LogP contribution in [0.5, 0.6) is 0 Å². The summed E-state index contributed by atoms with van der Waals surface area (Å²) in [4.78, 5) is 12.6. The molecule has 26 heavy (non-hydrogen) atoms. The van der Waals surface area contributed by atoms with Crippen molar-refractivity contribution < 1.29 is 8.42 Å². The molecule has 0 amide bonds. The van der Waals surface area contributed by atoms with Gasteiger partial charge in [-0.15, -0.1) is 0 Å². The van der Waals surface area contributed by atoms with E-state index in [9.17, 15) is 8.42 Å². The van der Waals surface area contributed by atoms with E-state index in [1.165, 1.54) is 0 Å². The number of benzene rings is 1. The molecule has 0 radical (unpaired) electrons. The first-order valence-electron chi connectivity index (χ1n) is 8.27. The maximum Gasteiger partial charge on any atom is 0.243 e. The average molecular weight is 373 g/mol. The molecule has 1 atom stereocenters. The lowest BCUT2D eigenvalue weighted by atomic mass is 10.2. The molecular formula is C16H19N7O2S. The molecule has 10 heteroatoms. The molecule has 3 aromatic rings. The highest BCUT2D eigenvalue weighted by Gasteiger charge is 2.35. The Bertz CT molecular complexity index is 1050. The Hall–Kier alpha value is -2.72. The molecular weight excluding hydrogens is 354 g/mol. The van der Waals surface area contributed by atoms with Crippen LogP contribution in [0.1, 0.15) is 12.8 Å². The van der Waals surface area contributed by atoms with Crippen LogP contribution in [0.3, 0.4) is 0 Å². The maximum atomic E-state index is 13.0. The summed E-state index contributed by atoms with van der Waals surface area (Å²) in [6, 6.07) is 8.30. The molecule has 0 bridgehead atoms. The first kappa shape index (κ1) is 16.7. The molecule has 136 valence electrons. The van der Waals surface area contributed by atoms with Crippen molar-refractivity contribution in [1.29, 1.82) is 0 Å². The monoisotopic (exact) mass is 373 g/mol. The van der Waals surface area contributed by atoms with E-state index in [1.807, 2.05) is 0 Å². The summed E-state index contributed by atoms with van der Waals surface area (Å²) >= 11 is 0. The lowest BCUT2D eigenvalue weighted by molar-refractivity contribution is 0.354. The highest BCUT2D eigenvalue weighted by atomic mass is 32.2. The Kier molecular flexibility index (Phi) is 4.00. The first-order valence-corrected chi connectivity index (χ1v) is 9.71. The third kappa shape index (κ3) is 2.76. The van der Waals surface area contributed by atoms with Crippen molar-refractivity contribution in [3.8, 4) is 0 Å². The number of imidazole rings is 1. The highest BCUT2D eigenvalue weighted by Crippen LogP contribution is 2.28. The van der Waals surface area contributed by atoms with E-state index in [-0.39, 0.29) is 17.8 Å². The Morgan fingerprint density at radius 3 is 2.69 bits per heavy atom. The summed E-state index contributed by atoms with van der Waals surface area (Å²) in [5.74, 6) is 0.281. The minimum atomic E-state index is -3.54. The van der Waals surface area contributed by atoms with Gasteiger partial charge >= 0.3 is 0 Å². The number of nitrogens with zero attached hydrogens (tertiary/aromatic N) is 5. The van der Waals surface area contributed by atoms with Gasteiger partial charge in [-0.05, 0) is 25.0 Å². The summed E-state index contributed by atoms with van der Waals surface area (Å²) in [6.07, 6.45) is 3.17. The molecule has 1 aromatic carbocycles. The van der Waals surface area contributed by atoms with Gasteiger partial charge in [-0.25, -0.2) is 13.4 Å². The first-order chi connectivity index (χ1) is 12.5. The number of hydrogen-bond donors (Lipinski definition) is 2. The van der Waals surface area contributed by atoms with Crippen molar-refractivity contribution >= 4 is 33.0 Å². The fraction of sp³-hybridized carbons (Fsp3) is 0.312. The fourth-order valence-corrected chi connectivity index (χ4v) is 5.09. The number of nitrogens with two attached hydrogens (primary N) is 2. The van der Waals surface area contributed by atoms with Gasteiger partial charge in [0, 0.05) is 19.1 Å². The lowest BCUT2D eigenvalue weighted by Crippen LogP contribution is -2.38. The van der Waals surface area contributed by atoms with Gasteiger partial charge in [0.2, 0.25) is 16.0 Å². The van der Waals surface area contributed by atoms with Crippen LogP contribution >= 0.6 is 0 Å². The van der Waals surface area contributed by atoms with E-state index >= 15 is 0 Å². The second-order valence-electron chi connectivity index (χ2n) is 6.26. The third-order valence-electron chi connectivity index (χ3n) is 4.59. The fourth-order valence-electron chi connectivity index (χ4n) is 3.38. The minimum absolute atomic E-state index is 0.0666. The number of hydrogen-bond acceptors (Lipinski definition) is 7. The summed E-state index contributed by atoms with van der Waals surface area (Å²) < 4.78 is 29.3. The smallest absolute Gasteiger partial charge is 0.243 e. The Morgan fingerprint density at radius 1 is 1.15 bits per heavy atom. The second kappa shape index (κ2) is 6.22. The van der Waals surface area contributed by atoms with Crippen molar-refractivity contribution in [3.63, 3.8) is 0 Å². The topological polar surface area (TPSA) is 133 Å². The predicted octanol–water partition coefficient (Wildman–Crippen LogP) is 0.844. The molecule has 0 aliphatic carbocycles. The van der Waals surface area contributed by atoms with E-state index in [0.29, 0.717) is 29.1 Å². The average Bonchev–Trinajstić information content (AvgIpc) is 3.24. The molecule has 0 unspecified atom stereocenters. The Morgan fingerprint density at radius 2 is 1.92 bits per heavy atom. The minimum Gasteiger partial charge on any atom is -0.382 e. The molecule has 1 aliphatic rings. The van der Waals surface area contributed by atoms with Crippen LogP contribution in [0, 0.1) is 0 Å². The summed E-state index contributed by atoms with van der Waals surface area (Å²) in [7, 11) is -3.54. The molecule has 0 saturated carbocycles. The van der Waals surface area contributed by atoms with Gasteiger partial charge in [0.05, 0.1) is 11.2 Å². The van der Waals surface area contributed by atoms with Crippen molar-refractivity contribution in [2.45, 2.75) is 30.3 Å². The normalized spacial score (nSPS) is 18.5. The van der Waals surface area contributed by atoms with Crippen LogP contribution in [-0.4, -0.2) is 44.8 Å². The van der Waals surface area contributed by atoms with Gasteiger partial charge in [0.25, 0.3) is 0 Å². The van der Waals surface area contributed by atoms with E-state index < -0.39 is 10.0 Å². The van der Waals surface area contributed by atoms with Gasteiger partial charge in [0.1, 0.15) is 5.52 Å². The quantitative estimate of drug-likeness (QED) is 0.692. The van der Waals surface area contributed by atoms with Gasteiger partial charge in [0.15, 0.2) is 11.5 Å². The summed E-state index contributed by atoms with van der Waals surface area (Å²) in [5, 5.41) is 0. The molecule has 1 saturated heterocycles. The number of fused-ring (bicyclic) bond motifs is 1. The number of aromatic nitrogens is 4. The standard InChI is InChI=1S/C16H19N7O2S/c17-14-13-15(21-16(18)20-14)22(10-19-13)9-11-5-4-8-23(11)26(24,25)12-6-2-1-3-7-12/h1-3,6-7,10-11H,4-5,8-9H2,(H4,17,18,20,21)/t11-/m0/s1. The third-order valence-corrected chi connectivity index (χ3v) is 6.55. The van der Waals surface area contributed by atoms with Gasteiger partial charge in [-0.2, -0.15) is 14.3 Å². The largest absolute Gasteiger partial charge is 0.382 e. The van der Waals surface area contributed by atoms with Crippen LogP contribution in [-0.2, 0) is 16.6 Å². The van der Waals surface area contributed by atoms with E-state index in [0.717, 1.165) is 12.8 Å².